The second-order valence-electron chi connectivity index (χ2n) is 5.02. The molecular formula is C16H22N2O4. The van der Waals surface area contributed by atoms with Crippen molar-refractivity contribution in [3.8, 4) is 0 Å². The molecule has 0 aromatic heterocycles. The molecular weight excluding hydrogens is 284 g/mol. The molecule has 22 heavy (non-hydrogen) atoms. The van der Waals surface area contributed by atoms with E-state index < -0.39 is 18.0 Å². The summed E-state index contributed by atoms with van der Waals surface area (Å²) >= 11 is 0. The summed E-state index contributed by atoms with van der Waals surface area (Å²) in [4.78, 5) is 34.7. The summed E-state index contributed by atoms with van der Waals surface area (Å²) in [5.41, 5.74) is 2.64. The van der Waals surface area contributed by atoms with Crippen molar-refractivity contribution in [2.75, 3.05) is 11.9 Å². The van der Waals surface area contributed by atoms with Gasteiger partial charge in [-0.05, 0) is 31.9 Å². The van der Waals surface area contributed by atoms with Gasteiger partial charge in [0.25, 0.3) is 5.91 Å². The average Bonchev–Trinajstić information content (AvgIpc) is 2.48. The number of esters is 1. The van der Waals surface area contributed by atoms with Crippen molar-refractivity contribution in [3.05, 3.63) is 29.3 Å². The van der Waals surface area contributed by atoms with Gasteiger partial charge in [0.05, 0.1) is 6.54 Å². The first-order chi connectivity index (χ1) is 10.3. The third-order valence-corrected chi connectivity index (χ3v) is 3.13. The minimum Gasteiger partial charge on any atom is -0.453 e. The summed E-state index contributed by atoms with van der Waals surface area (Å²) < 4.78 is 4.87. The van der Waals surface area contributed by atoms with Gasteiger partial charge in [0.15, 0.2) is 6.10 Å². The summed E-state index contributed by atoms with van der Waals surface area (Å²) in [6.45, 7) is 6.72. The van der Waals surface area contributed by atoms with Crippen LogP contribution in [-0.2, 0) is 19.1 Å². The van der Waals surface area contributed by atoms with E-state index >= 15 is 0 Å². The number of carbonyl (C=O) groups excluding carboxylic acids is 3. The Labute approximate surface area is 130 Å². The number of benzene rings is 1. The van der Waals surface area contributed by atoms with Crippen LogP contribution in [-0.4, -0.2) is 30.4 Å². The molecule has 0 fully saturated rings. The predicted molar refractivity (Wildman–Crippen MR) is 83.4 cm³/mol. The Morgan fingerprint density at radius 2 is 1.77 bits per heavy atom. The number of carbonyl (C=O) groups is 3. The fourth-order valence-electron chi connectivity index (χ4n) is 1.84. The van der Waals surface area contributed by atoms with Crippen LogP contribution in [0.5, 0.6) is 0 Å². The molecule has 0 radical (unpaired) electrons. The van der Waals surface area contributed by atoms with E-state index in [-0.39, 0.29) is 18.9 Å². The van der Waals surface area contributed by atoms with Crippen LogP contribution in [0.4, 0.5) is 5.69 Å². The maximum Gasteiger partial charge on any atom is 0.306 e. The van der Waals surface area contributed by atoms with Gasteiger partial charge in [0.1, 0.15) is 0 Å². The first kappa shape index (κ1) is 17.7. The van der Waals surface area contributed by atoms with E-state index in [1.165, 1.54) is 6.92 Å². The Bertz CT molecular complexity index is 549. The maximum atomic E-state index is 11.9. The molecule has 2 N–H and O–H groups in total. The molecule has 1 aromatic rings. The highest BCUT2D eigenvalue weighted by Crippen LogP contribution is 2.18. The summed E-state index contributed by atoms with van der Waals surface area (Å²) in [6, 6.07) is 5.70. The van der Waals surface area contributed by atoms with Gasteiger partial charge in [0.2, 0.25) is 5.91 Å². The molecule has 0 bridgehead atoms. The van der Waals surface area contributed by atoms with E-state index in [4.69, 9.17) is 4.74 Å². The molecule has 6 heteroatoms. The van der Waals surface area contributed by atoms with Crippen molar-refractivity contribution in [2.24, 2.45) is 0 Å². The van der Waals surface area contributed by atoms with Gasteiger partial charge < -0.3 is 15.4 Å². The Morgan fingerprint density at radius 1 is 1.18 bits per heavy atom. The summed E-state index contributed by atoms with van der Waals surface area (Å²) in [5, 5.41) is 5.21. The predicted octanol–water partition coefficient (Wildman–Crippen LogP) is 1.70. The quantitative estimate of drug-likeness (QED) is 0.783. The van der Waals surface area contributed by atoms with E-state index in [0.717, 1.165) is 16.8 Å². The highest BCUT2D eigenvalue weighted by molar-refractivity contribution is 5.96. The first-order valence-corrected chi connectivity index (χ1v) is 7.18. The molecule has 0 spiro atoms. The van der Waals surface area contributed by atoms with E-state index in [1.54, 1.807) is 6.92 Å². The van der Waals surface area contributed by atoms with Crippen LogP contribution in [0.1, 0.15) is 31.4 Å². The molecule has 1 aromatic carbocycles. The van der Waals surface area contributed by atoms with Gasteiger partial charge in [0, 0.05) is 12.1 Å². The number of nitrogens with one attached hydrogen (secondary N) is 2. The van der Waals surface area contributed by atoms with Crippen molar-refractivity contribution in [2.45, 2.75) is 40.2 Å². The molecule has 1 rings (SSSR count). The SMILES string of the molecule is CCC(=O)OC(C)C(=O)NCC(=O)Nc1c(C)cccc1C. The van der Waals surface area contributed by atoms with E-state index in [9.17, 15) is 14.4 Å². The zero-order chi connectivity index (χ0) is 16.7. The number of amides is 2. The minimum atomic E-state index is -0.916. The zero-order valence-corrected chi connectivity index (χ0v) is 13.4. The monoisotopic (exact) mass is 306 g/mol. The molecule has 0 aliphatic rings. The largest absolute Gasteiger partial charge is 0.453 e. The lowest BCUT2D eigenvalue weighted by molar-refractivity contribution is -0.154. The van der Waals surface area contributed by atoms with Gasteiger partial charge in [-0.25, -0.2) is 0 Å². The molecule has 0 saturated heterocycles. The molecule has 0 aliphatic carbocycles. The maximum absolute atomic E-state index is 11.9. The zero-order valence-electron chi connectivity index (χ0n) is 13.4. The molecule has 0 heterocycles. The molecule has 2 amide bonds. The Hall–Kier alpha value is -2.37. The van der Waals surface area contributed by atoms with Crippen molar-refractivity contribution >= 4 is 23.5 Å². The second-order valence-corrected chi connectivity index (χ2v) is 5.02. The van der Waals surface area contributed by atoms with E-state index in [1.807, 2.05) is 32.0 Å². The summed E-state index contributed by atoms with van der Waals surface area (Å²) in [5.74, 6) is -1.29. The van der Waals surface area contributed by atoms with Gasteiger partial charge in [-0.1, -0.05) is 25.1 Å². The number of anilines is 1. The molecule has 6 nitrogen and oxygen atoms in total. The lowest BCUT2D eigenvalue weighted by Crippen LogP contribution is -2.40. The fraction of sp³-hybridized carbons (Fsp3) is 0.438. The summed E-state index contributed by atoms with van der Waals surface area (Å²) in [7, 11) is 0. The number of hydrogen-bond acceptors (Lipinski definition) is 4. The van der Waals surface area contributed by atoms with Crippen LogP contribution in [0.15, 0.2) is 18.2 Å². The molecule has 120 valence electrons. The molecule has 1 atom stereocenters. The highest BCUT2D eigenvalue weighted by Gasteiger charge is 2.17. The first-order valence-electron chi connectivity index (χ1n) is 7.18. The van der Waals surface area contributed by atoms with Crippen molar-refractivity contribution in [1.29, 1.82) is 0 Å². The van der Waals surface area contributed by atoms with Gasteiger partial charge in [-0.3, -0.25) is 14.4 Å². The van der Waals surface area contributed by atoms with E-state index in [0.29, 0.717) is 0 Å². The minimum absolute atomic E-state index is 0.180. The summed E-state index contributed by atoms with van der Waals surface area (Å²) in [6.07, 6.45) is -0.717. The Kier molecular flexibility index (Phi) is 6.56. The topological polar surface area (TPSA) is 84.5 Å². The molecule has 0 saturated carbocycles. The van der Waals surface area contributed by atoms with Crippen LogP contribution < -0.4 is 10.6 Å². The standard InChI is InChI=1S/C16H22N2O4/c1-5-14(20)22-12(4)16(21)17-9-13(19)18-15-10(2)7-6-8-11(15)3/h6-8,12H,5,9H2,1-4H3,(H,17,21)(H,18,19). The van der Waals surface area contributed by atoms with Crippen LogP contribution in [0.2, 0.25) is 0 Å². The smallest absolute Gasteiger partial charge is 0.306 e. The number of rotatable bonds is 6. The second kappa shape index (κ2) is 8.17. The van der Waals surface area contributed by atoms with Crippen LogP contribution in [0.25, 0.3) is 0 Å². The normalized spacial score (nSPS) is 11.5. The Morgan fingerprint density at radius 3 is 2.32 bits per heavy atom. The fourth-order valence-corrected chi connectivity index (χ4v) is 1.84. The van der Waals surface area contributed by atoms with Crippen molar-refractivity contribution in [3.63, 3.8) is 0 Å². The van der Waals surface area contributed by atoms with Gasteiger partial charge in [-0.15, -0.1) is 0 Å². The third-order valence-electron chi connectivity index (χ3n) is 3.13. The highest BCUT2D eigenvalue weighted by atomic mass is 16.5. The van der Waals surface area contributed by atoms with Crippen molar-refractivity contribution < 1.29 is 19.1 Å². The number of aryl methyl sites for hydroxylation is 2. The number of ether oxygens (including phenoxy) is 1. The lowest BCUT2D eigenvalue weighted by atomic mass is 10.1. The Balaban J connectivity index is 2.49. The number of para-hydroxylation sites is 1. The molecule has 0 aliphatic heterocycles. The van der Waals surface area contributed by atoms with Crippen LogP contribution in [0, 0.1) is 13.8 Å². The molecule has 1 unspecified atom stereocenters. The van der Waals surface area contributed by atoms with Gasteiger partial charge >= 0.3 is 5.97 Å². The van der Waals surface area contributed by atoms with E-state index in [2.05, 4.69) is 10.6 Å². The lowest BCUT2D eigenvalue weighted by Gasteiger charge is -2.14. The van der Waals surface area contributed by atoms with Crippen LogP contribution in [0.3, 0.4) is 0 Å². The van der Waals surface area contributed by atoms with Crippen molar-refractivity contribution in [1.82, 2.24) is 5.32 Å². The average molecular weight is 306 g/mol. The van der Waals surface area contributed by atoms with Crippen LogP contribution >= 0.6 is 0 Å². The number of hydrogen-bond donors (Lipinski definition) is 2. The van der Waals surface area contributed by atoms with Gasteiger partial charge in [-0.2, -0.15) is 0 Å². The third kappa shape index (κ3) is 5.20.